The lowest BCUT2D eigenvalue weighted by Gasteiger charge is -2.37. The number of aryl methyl sites for hydroxylation is 1. The maximum absolute atomic E-state index is 10.7. The molecule has 1 aliphatic carbocycles. The van der Waals surface area contributed by atoms with Crippen LogP contribution in [0.15, 0.2) is 10.5 Å². The van der Waals surface area contributed by atoms with Crippen LogP contribution in [-0.2, 0) is 0 Å². The van der Waals surface area contributed by atoms with E-state index in [0.717, 1.165) is 45.8 Å². The Bertz CT molecular complexity index is 478. The van der Waals surface area contributed by atoms with Crippen molar-refractivity contribution in [3.63, 3.8) is 0 Å². The molecule has 2 rings (SSSR count). The van der Waals surface area contributed by atoms with Crippen LogP contribution in [0.2, 0.25) is 0 Å². The molecule has 0 bridgehead atoms. The van der Waals surface area contributed by atoms with Crippen LogP contribution >= 0.6 is 27.3 Å². The second-order valence-corrected chi connectivity index (χ2v) is 8.10. The molecule has 1 fully saturated rings. The van der Waals surface area contributed by atoms with Gasteiger partial charge in [-0.1, -0.05) is 19.8 Å². The van der Waals surface area contributed by atoms with Crippen molar-refractivity contribution in [2.75, 3.05) is 0 Å². The topological polar surface area (TPSA) is 44.0 Å². The highest BCUT2D eigenvalue weighted by Gasteiger charge is 2.42. The number of aliphatic hydroxyl groups is 1. The summed E-state index contributed by atoms with van der Waals surface area (Å²) in [6.45, 7) is 4.25. The molecule has 0 spiro atoms. The number of rotatable bonds is 4. The molecule has 0 saturated heterocycles. The van der Waals surface area contributed by atoms with Crippen LogP contribution < -0.4 is 0 Å². The molecule has 1 unspecified atom stereocenters. The molecule has 20 heavy (non-hydrogen) atoms. The summed E-state index contributed by atoms with van der Waals surface area (Å²) in [6, 6.07) is 4.42. The van der Waals surface area contributed by atoms with Crippen molar-refractivity contribution in [1.29, 1.82) is 5.26 Å². The van der Waals surface area contributed by atoms with E-state index >= 15 is 0 Å². The molecule has 1 aromatic heterocycles. The standard InChI is InChI=1S/C16H22BrNOS/c1-3-4-12-5-7-16(10-18,8-6-12)15(19)14-9-13(17)11(2)20-14/h9,12,15,19H,3-8H2,1-2H3. The zero-order chi connectivity index (χ0) is 14.8. The van der Waals surface area contributed by atoms with Gasteiger partial charge in [0.25, 0.3) is 0 Å². The van der Waals surface area contributed by atoms with Gasteiger partial charge in [-0.3, -0.25) is 0 Å². The zero-order valence-corrected chi connectivity index (χ0v) is 14.6. The smallest absolute Gasteiger partial charge is 0.107 e. The van der Waals surface area contributed by atoms with Crippen LogP contribution in [0.3, 0.4) is 0 Å². The van der Waals surface area contributed by atoms with E-state index in [9.17, 15) is 10.4 Å². The number of hydrogen-bond acceptors (Lipinski definition) is 3. The Labute approximate surface area is 133 Å². The molecule has 0 aliphatic heterocycles. The van der Waals surface area contributed by atoms with E-state index in [1.165, 1.54) is 12.8 Å². The zero-order valence-electron chi connectivity index (χ0n) is 12.2. The van der Waals surface area contributed by atoms with Crippen LogP contribution in [0, 0.1) is 29.6 Å². The van der Waals surface area contributed by atoms with Crippen molar-refractivity contribution >= 4 is 27.3 Å². The maximum Gasteiger partial charge on any atom is 0.107 e. The summed E-state index contributed by atoms with van der Waals surface area (Å²) in [6.07, 6.45) is 5.61. The largest absolute Gasteiger partial charge is 0.386 e. The molecule has 1 aliphatic rings. The molecular weight excluding hydrogens is 334 g/mol. The van der Waals surface area contributed by atoms with Crippen molar-refractivity contribution in [2.24, 2.45) is 11.3 Å². The first-order chi connectivity index (χ1) is 9.52. The first-order valence-corrected chi connectivity index (χ1v) is 8.98. The average Bonchev–Trinajstić information content (AvgIpc) is 2.79. The van der Waals surface area contributed by atoms with Gasteiger partial charge in [-0.15, -0.1) is 11.3 Å². The van der Waals surface area contributed by atoms with Crippen molar-refractivity contribution in [3.05, 3.63) is 20.3 Å². The molecule has 2 nitrogen and oxygen atoms in total. The Balaban J connectivity index is 2.14. The van der Waals surface area contributed by atoms with Gasteiger partial charge < -0.3 is 5.11 Å². The van der Waals surface area contributed by atoms with Crippen LogP contribution in [0.25, 0.3) is 0 Å². The quantitative estimate of drug-likeness (QED) is 0.790. The Kier molecular flexibility index (Phi) is 5.28. The number of hydrogen-bond donors (Lipinski definition) is 1. The van der Waals surface area contributed by atoms with Gasteiger partial charge in [0.05, 0.1) is 11.5 Å². The van der Waals surface area contributed by atoms with E-state index < -0.39 is 11.5 Å². The highest BCUT2D eigenvalue weighted by atomic mass is 79.9. The van der Waals surface area contributed by atoms with Crippen LogP contribution in [0.1, 0.15) is 61.3 Å². The predicted octanol–water partition coefficient (Wildman–Crippen LogP) is 5.35. The minimum Gasteiger partial charge on any atom is -0.386 e. The van der Waals surface area contributed by atoms with Gasteiger partial charge in [-0.25, -0.2) is 0 Å². The first kappa shape index (κ1) is 16.0. The minimum atomic E-state index is -0.648. The summed E-state index contributed by atoms with van der Waals surface area (Å²) in [7, 11) is 0. The van der Waals surface area contributed by atoms with E-state index in [4.69, 9.17) is 0 Å². The van der Waals surface area contributed by atoms with Gasteiger partial charge in [0.1, 0.15) is 6.10 Å². The third-order valence-electron chi connectivity index (χ3n) is 4.59. The summed E-state index contributed by atoms with van der Waals surface area (Å²) in [5.41, 5.74) is -0.582. The van der Waals surface area contributed by atoms with Crippen LogP contribution in [0.4, 0.5) is 0 Å². The van der Waals surface area contributed by atoms with Gasteiger partial charge in [0, 0.05) is 14.2 Å². The Morgan fingerprint density at radius 1 is 1.55 bits per heavy atom. The van der Waals surface area contributed by atoms with E-state index in [2.05, 4.69) is 28.9 Å². The third-order valence-corrected chi connectivity index (χ3v) is 6.78. The maximum atomic E-state index is 10.7. The Morgan fingerprint density at radius 2 is 2.20 bits per heavy atom. The molecule has 0 radical (unpaired) electrons. The molecule has 1 atom stereocenters. The monoisotopic (exact) mass is 355 g/mol. The van der Waals surface area contributed by atoms with E-state index in [1.54, 1.807) is 11.3 Å². The number of nitrogens with zero attached hydrogens (tertiary/aromatic N) is 1. The molecule has 1 aromatic rings. The van der Waals surface area contributed by atoms with E-state index in [-0.39, 0.29) is 0 Å². The van der Waals surface area contributed by atoms with Crippen molar-refractivity contribution in [3.8, 4) is 6.07 Å². The molecular formula is C16H22BrNOS. The number of aliphatic hydroxyl groups excluding tert-OH is 1. The fourth-order valence-corrected chi connectivity index (χ4v) is 4.89. The summed E-state index contributed by atoms with van der Waals surface area (Å²) < 4.78 is 1.03. The first-order valence-electron chi connectivity index (χ1n) is 7.37. The predicted molar refractivity (Wildman–Crippen MR) is 86.6 cm³/mol. The molecule has 0 amide bonds. The molecule has 110 valence electrons. The lowest BCUT2D eigenvalue weighted by atomic mass is 9.67. The van der Waals surface area contributed by atoms with Crippen LogP contribution in [-0.4, -0.2) is 5.11 Å². The average molecular weight is 356 g/mol. The Hall–Kier alpha value is -0.370. The summed E-state index contributed by atoms with van der Waals surface area (Å²) in [4.78, 5) is 2.08. The van der Waals surface area contributed by atoms with Crippen LogP contribution in [0.5, 0.6) is 0 Å². The molecule has 1 heterocycles. The molecule has 0 aromatic carbocycles. The van der Waals surface area contributed by atoms with Gasteiger partial charge in [-0.2, -0.15) is 5.26 Å². The SMILES string of the molecule is CCCC1CCC(C#N)(C(O)c2cc(Br)c(C)s2)CC1. The highest BCUT2D eigenvalue weighted by Crippen LogP contribution is 2.49. The molecule has 4 heteroatoms. The lowest BCUT2D eigenvalue weighted by molar-refractivity contribution is 0.0261. The Morgan fingerprint density at radius 3 is 2.65 bits per heavy atom. The van der Waals surface area contributed by atoms with Crippen molar-refractivity contribution < 1.29 is 5.11 Å². The molecule has 1 saturated carbocycles. The van der Waals surface area contributed by atoms with E-state index in [1.807, 2.05) is 13.0 Å². The number of halogens is 1. The second-order valence-electron chi connectivity index (χ2n) is 5.96. The van der Waals surface area contributed by atoms with Gasteiger partial charge in [0.2, 0.25) is 0 Å². The third kappa shape index (κ3) is 3.10. The lowest BCUT2D eigenvalue weighted by Crippen LogP contribution is -2.32. The summed E-state index contributed by atoms with van der Waals surface area (Å²) >= 11 is 5.09. The van der Waals surface area contributed by atoms with Gasteiger partial charge in [-0.05, 0) is 60.5 Å². The van der Waals surface area contributed by atoms with E-state index in [0.29, 0.717) is 0 Å². The summed E-state index contributed by atoms with van der Waals surface area (Å²) in [5, 5.41) is 20.4. The normalized spacial score (nSPS) is 28.1. The molecule has 1 N–H and O–H groups in total. The number of nitriles is 1. The number of thiophene rings is 1. The van der Waals surface area contributed by atoms with Gasteiger partial charge >= 0.3 is 0 Å². The summed E-state index contributed by atoms with van der Waals surface area (Å²) in [5.74, 6) is 0.741. The van der Waals surface area contributed by atoms with Crippen molar-refractivity contribution in [2.45, 2.75) is 58.5 Å². The fourth-order valence-electron chi connectivity index (χ4n) is 3.22. The second kappa shape index (κ2) is 6.60. The minimum absolute atomic E-state index is 0.582. The van der Waals surface area contributed by atoms with Crippen molar-refractivity contribution in [1.82, 2.24) is 0 Å². The fraction of sp³-hybridized carbons (Fsp3) is 0.688. The highest BCUT2D eigenvalue weighted by molar-refractivity contribution is 9.10. The van der Waals surface area contributed by atoms with Gasteiger partial charge in [0.15, 0.2) is 0 Å².